The molecule has 0 unspecified atom stereocenters. The summed E-state index contributed by atoms with van der Waals surface area (Å²) in [4.78, 5) is 11.3. The molecule has 10 nitrogen and oxygen atoms in total. The topological polar surface area (TPSA) is 188 Å². The molecule has 1 saturated heterocycles. The Morgan fingerprint density at radius 1 is 1.04 bits per heavy atom. The van der Waals surface area contributed by atoms with Crippen molar-refractivity contribution in [3.8, 4) is 17.2 Å². The minimum Gasteiger partial charge on any atom is -0.504 e. The molecule has 0 radical (unpaired) electrons. The Labute approximate surface area is 129 Å². The molecule has 10 heteroatoms. The molecule has 2 rings (SSSR count). The van der Waals surface area contributed by atoms with Crippen LogP contribution < -0.4 is 0 Å². The fraction of sp³-hybridized carbons (Fsp3) is 0.462. The van der Waals surface area contributed by atoms with Crippen LogP contribution >= 0.6 is 0 Å². The Hall–Kier alpha value is -2.11. The molecule has 1 aromatic rings. The minimum absolute atomic E-state index is 0.607. The summed E-state index contributed by atoms with van der Waals surface area (Å²) in [6.07, 6.45) is -8.35. The molecule has 0 aliphatic carbocycles. The van der Waals surface area contributed by atoms with Crippen molar-refractivity contribution in [1.29, 1.82) is 0 Å². The second-order valence-electron chi connectivity index (χ2n) is 5.11. The summed E-state index contributed by atoms with van der Waals surface area (Å²) in [5.74, 6) is -4.62. The van der Waals surface area contributed by atoms with Gasteiger partial charge in [-0.2, -0.15) is 0 Å². The maximum Gasteiger partial charge on any atom is 0.336 e. The molecule has 128 valence electrons. The van der Waals surface area contributed by atoms with Gasteiger partial charge in [-0.15, -0.1) is 0 Å². The van der Waals surface area contributed by atoms with Gasteiger partial charge in [0.2, 0.25) is 5.75 Å². The lowest BCUT2D eigenvalue weighted by atomic mass is 9.88. The Balaban J connectivity index is 2.60. The van der Waals surface area contributed by atoms with Gasteiger partial charge in [0.25, 0.3) is 0 Å². The number of carbonyl (C=O) groups is 1. The van der Waals surface area contributed by atoms with E-state index < -0.39 is 71.5 Å². The third-order valence-electron chi connectivity index (χ3n) is 3.70. The smallest absolute Gasteiger partial charge is 0.336 e. The minimum atomic E-state index is -1.86. The fourth-order valence-corrected chi connectivity index (χ4v) is 2.46. The van der Waals surface area contributed by atoms with E-state index in [0.717, 1.165) is 0 Å². The van der Waals surface area contributed by atoms with Crippen molar-refractivity contribution in [2.24, 2.45) is 0 Å². The highest BCUT2D eigenvalue weighted by molar-refractivity contribution is 5.92. The highest BCUT2D eigenvalue weighted by Gasteiger charge is 2.46. The van der Waals surface area contributed by atoms with E-state index in [1.54, 1.807) is 0 Å². The number of aromatic hydroxyl groups is 3. The molecule has 23 heavy (non-hydrogen) atoms. The van der Waals surface area contributed by atoms with Gasteiger partial charge in [0.15, 0.2) is 11.5 Å². The van der Waals surface area contributed by atoms with E-state index in [-0.39, 0.29) is 0 Å². The first-order valence-corrected chi connectivity index (χ1v) is 6.52. The molecule has 0 spiro atoms. The zero-order chi connectivity index (χ0) is 17.5. The van der Waals surface area contributed by atoms with Crippen LogP contribution in [0, 0.1) is 0 Å². The predicted molar refractivity (Wildman–Crippen MR) is 71.1 cm³/mol. The largest absolute Gasteiger partial charge is 0.504 e. The number of ether oxygens (including phenoxy) is 1. The number of aliphatic hydroxyl groups excluding tert-OH is 4. The number of aliphatic hydroxyl groups is 4. The number of phenolic OH excluding ortho intramolecular Hbond substituents is 3. The van der Waals surface area contributed by atoms with Crippen molar-refractivity contribution < 1.29 is 50.4 Å². The molecular weight excluding hydrogens is 316 g/mol. The summed E-state index contributed by atoms with van der Waals surface area (Å²) in [5, 5.41) is 76.6. The Morgan fingerprint density at radius 3 is 2.17 bits per heavy atom. The predicted octanol–water partition coefficient (Wildman–Crippen LogP) is -1.98. The second-order valence-corrected chi connectivity index (χ2v) is 5.11. The maximum atomic E-state index is 11.3. The van der Waals surface area contributed by atoms with Gasteiger partial charge in [-0.05, 0) is 6.07 Å². The number of carboxylic acid groups (broad SMARTS) is 1. The van der Waals surface area contributed by atoms with E-state index in [9.17, 15) is 35.4 Å². The SMILES string of the molecule is O=C(O)c1cc(O)c(O)c(O)c1[C@@H]1O[C@H](CO)[C@H](O)[C@@H](O)[C@H]1O. The molecule has 1 aromatic carbocycles. The number of phenols is 3. The average Bonchev–Trinajstić information content (AvgIpc) is 2.51. The molecule has 1 heterocycles. The quantitative estimate of drug-likeness (QED) is 0.288. The van der Waals surface area contributed by atoms with E-state index in [1.165, 1.54) is 0 Å². The second kappa shape index (κ2) is 6.18. The number of hydrogen-bond acceptors (Lipinski definition) is 9. The van der Waals surface area contributed by atoms with Gasteiger partial charge in [-0.1, -0.05) is 0 Å². The van der Waals surface area contributed by atoms with Crippen molar-refractivity contribution in [1.82, 2.24) is 0 Å². The fourth-order valence-electron chi connectivity index (χ4n) is 2.46. The highest BCUT2D eigenvalue weighted by atomic mass is 16.5. The zero-order valence-electron chi connectivity index (χ0n) is 11.6. The van der Waals surface area contributed by atoms with Gasteiger partial charge in [-0.25, -0.2) is 4.79 Å². The van der Waals surface area contributed by atoms with Crippen molar-refractivity contribution in [3.63, 3.8) is 0 Å². The van der Waals surface area contributed by atoms with E-state index >= 15 is 0 Å². The zero-order valence-corrected chi connectivity index (χ0v) is 11.6. The number of aromatic carboxylic acids is 1. The van der Waals surface area contributed by atoms with E-state index in [4.69, 9.17) is 14.9 Å². The van der Waals surface area contributed by atoms with Crippen molar-refractivity contribution in [2.75, 3.05) is 6.61 Å². The summed E-state index contributed by atoms with van der Waals surface area (Å²) in [5.41, 5.74) is -1.30. The first kappa shape index (κ1) is 17.2. The van der Waals surface area contributed by atoms with Crippen LogP contribution in [0.5, 0.6) is 17.2 Å². The first-order valence-electron chi connectivity index (χ1n) is 6.52. The third-order valence-corrected chi connectivity index (χ3v) is 3.70. The van der Waals surface area contributed by atoms with Gasteiger partial charge in [0.1, 0.15) is 30.5 Å². The maximum absolute atomic E-state index is 11.3. The molecule has 1 aliphatic heterocycles. The monoisotopic (exact) mass is 332 g/mol. The lowest BCUT2D eigenvalue weighted by Gasteiger charge is -2.40. The summed E-state index contributed by atoms with van der Waals surface area (Å²) < 4.78 is 5.16. The molecule has 0 amide bonds. The van der Waals surface area contributed by atoms with E-state index in [2.05, 4.69) is 0 Å². The van der Waals surface area contributed by atoms with Crippen LogP contribution in [-0.4, -0.2) is 77.8 Å². The lowest BCUT2D eigenvalue weighted by molar-refractivity contribution is -0.232. The van der Waals surface area contributed by atoms with E-state index in [0.29, 0.717) is 6.07 Å². The molecule has 0 saturated carbocycles. The standard InChI is InChI=1S/C13H16O10/c14-2-5-8(17)10(19)11(20)12(23-5)6-3(13(21)22)1-4(15)7(16)9(6)18/h1,5,8,10-12,14-20H,2H2,(H,21,22)/t5-,8+,10-,11-,12+/m1/s1. The summed E-state index contributed by atoms with van der Waals surface area (Å²) in [7, 11) is 0. The molecule has 1 fully saturated rings. The van der Waals surface area contributed by atoms with Gasteiger partial charge < -0.3 is 45.6 Å². The lowest BCUT2D eigenvalue weighted by Crippen LogP contribution is -2.55. The van der Waals surface area contributed by atoms with Crippen LogP contribution in [-0.2, 0) is 4.74 Å². The van der Waals surface area contributed by atoms with Crippen LogP contribution in [0.1, 0.15) is 22.0 Å². The number of hydrogen-bond donors (Lipinski definition) is 8. The number of rotatable bonds is 3. The van der Waals surface area contributed by atoms with Crippen molar-refractivity contribution in [3.05, 3.63) is 17.2 Å². The van der Waals surface area contributed by atoms with Crippen LogP contribution in [0.3, 0.4) is 0 Å². The molecule has 5 atom stereocenters. The normalized spacial score (nSPS) is 31.0. The number of carboxylic acids is 1. The first-order chi connectivity index (χ1) is 10.7. The summed E-state index contributed by atoms with van der Waals surface area (Å²) in [6, 6.07) is 0.633. The van der Waals surface area contributed by atoms with Crippen LogP contribution in [0.4, 0.5) is 0 Å². The Kier molecular flexibility index (Phi) is 4.63. The van der Waals surface area contributed by atoms with Gasteiger partial charge in [-0.3, -0.25) is 0 Å². The average molecular weight is 332 g/mol. The molecule has 1 aliphatic rings. The van der Waals surface area contributed by atoms with Crippen LogP contribution in [0.2, 0.25) is 0 Å². The Morgan fingerprint density at radius 2 is 1.65 bits per heavy atom. The Bertz CT molecular complexity index is 613. The van der Waals surface area contributed by atoms with Crippen molar-refractivity contribution in [2.45, 2.75) is 30.5 Å². The van der Waals surface area contributed by atoms with Crippen molar-refractivity contribution >= 4 is 5.97 Å². The molecular formula is C13H16O10. The third kappa shape index (κ3) is 2.78. The highest BCUT2D eigenvalue weighted by Crippen LogP contribution is 2.46. The summed E-state index contributed by atoms with van der Waals surface area (Å²) in [6.45, 7) is -0.755. The van der Waals surface area contributed by atoms with Gasteiger partial charge >= 0.3 is 5.97 Å². The molecule has 8 N–H and O–H groups in total. The molecule has 0 bridgehead atoms. The summed E-state index contributed by atoms with van der Waals surface area (Å²) >= 11 is 0. The number of benzene rings is 1. The van der Waals surface area contributed by atoms with Crippen LogP contribution in [0.15, 0.2) is 6.07 Å². The van der Waals surface area contributed by atoms with Crippen LogP contribution in [0.25, 0.3) is 0 Å². The molecule has 0 aromatic heterocycles. The van der Waals surface area contributed by atoms with Gasteiger partial charge in [0, 0.05) is 5.56 Å². The van der Waals surface area contributed by atoms with E-state index in [1.807, 2.05) is 0 Å². The van der Waals surface area contributed by atoms with Gasteiger partial charge in [0.05, 0.1) is 12.2 Å².